The molecule has 0 saturated carbocycles. The normalized spacial score (nSPS) is 18.9. The number of likely N-dealkylation sites (N-methyl/N-ethyl adjacent to an activating group) is 1. The van der Waals surface area contributed by atoms with Gasteiger partial charge in [0.05, 0.1) is 0 Å². The number of ether oxygens (including phenoxy) is 1. The number of piperidine rings is 1. The zero-order chi connectivity index (χ0) is 16.2. The van der Waals surface area contributed by atoms with Gasteiger partial charge in [0.1, 0.15) is 5.60 Å². The van der Waals surface area contributed by atoms with Crippen LogP contribution in [0.5, 0.6) is 0 Å². The highest BCUT2D eigenvalue weighted by Crippen LogP contribution is 2.23. The molecule has 1 fully saturated rings. The van der Waals surface area contributed by atoms with Crippen LogP contribution in [0.2, 0.25) is 0 Å². The van der Waals surface area contributed by atoms with Crippen LogP contribution in [0.3, 0.4) is 0 Å². The Labute approximate surface area is 134 Å². The van der Waals surface area contributed by atoms with E-state index in [1.807, 2.05) is 31.7 Å². The third-order valence-electron chi connectivity index (χ3n) is 3.92. The topological polar surface area (TPSA) is 32.8 Å². The Hall–Kier alpha value is -1.71. The van der Waals surface area contributed by atoms with Gasteiger partial charge in [0.15, 0.2) is 0 Å². The highest BCUT2D eigenvalue weighted by Gasteiger charge is 2.30. The third kappa shape index (κ3) is 4.39. The van der Waals surface area contributed by atoms with E-state index in [4.69, 9.17) is 4.74 Å². The van der Waals surface area contributed by atoms with Crippen molar-refractivity contribution in [3.05, 3.63) is 30.3 Å². The summed E-state index contributed by atoms with van der Waals surface area (Å²) in [5, 5.41) is 0. The van der Waals surface area contributed by atoms with Crippen LogP contribution in [0.25, 0.3) is 0 Å². The molecule has 1 heterocycles. The largest absolute Gasteiger partial charge is 0.444 e. The molecule has 1 aromatic rings. The van der Waals surface area contributed by atoms with E-state index in [1.165, 1.54) is 5.69 Å². The lowest BCUT2D eigenvalue weighted by Crippen LogP contribution is -2.51. The molecule has 2 rings (SSSR count). The van der Waals surface area contributed by atoms with Crippen LogP contribution in [0.4, 0.5) is 10.5 Å². The van der Waals surface area contributed by atoms with Gasteiger partial charge in [-0.15, -0.1) is 0 Å². The van der Waals surface area contributed by atoms with Crippen molar-refractivity contribution < 1.29 is 9.53 Å². The monoisotopic (exact) mass is 304 g/mol. The quantitative estimate of drug-likeness (QED) is 0.848. The average Bonchev–Trinajstić information content (AvgIpc) is 2.48. The maximum Gasteiger partial charge on any atom is 0.410 e. The first-order valence-corrected chi connectivity index (χ1v) is 8.20. The SMILES string of the molecule is CCN(c1ccccc1)C1CCCN(C(=O)OC(C)(C)C)C1. The van der Waals surface area contributed by atoms with Crippen LogP contribution >= 0.6 is 0 Å². The smallest absolute Gasteiger partial charge is 0.410 e. The second kappa shape index (κ2) is 7.03. The summed E-state index contributed by atoms with van der Waals surface area (Å²) in [5.41, 5.74) is 0.787. The summed E-state index contributed by atoms with van der Waals surface area (Å²) in [5.74, 6) is 0. The lowest BCUT2D eigenvalue weighted by molar-refractivity contribution is 0.0198. The Bertz CT molecular complexity index is 482. The highest BCUT2D eigenvalue weighted by molar-refractivity contribution is 5.68. The molecule has 1 aliphatic rings. The number of hydrogen-bond acceptors (Lipinski definition) is 3. The van der Waals surface area contributed by atoms with Gasteiger partial charge in [-0.1, -0.05) is 18.2 Å². The Balaban J connectivity index is 2.04. The molecule has 0 bridgehead atoms. The van der Waals surface area contributed by atoms with Gasteiger partial charge in [0, 0.05) is 31.4 Å². The standard InChI is InChI=1S/C18H28N2O2/c1-5-20(15-10-7-6-8-11-15)16-12-9-13-19(14-16)17(21)22-18(2,3)4/h6-8,10-11,16H,5,9,12-14H2,1-4H3. The van der Waals surface area contributed by atoms with Crippen LogP contribution in [0.1, 0.15) is 40.5 Å². The van der Waals surface area contributed by atoms with Gasteiger partial charge in [-0.05, 0) is 52.7 Å². The lowest BCUT2D eigenvalue weighted by Gasteiger charge is -2.40. The Morgan fingerprint density at radius 3 is 2.59 bits per heavy atom. The summed E-state index contributed by atoms with van der Waals surface area (Å²) < 4.78 is 5.51. The van der Waals surface area contributed by atoms with E-state index in [9.17, 15) is 4.79 Å². The number of anilines is 1. The molecular formula is C18H28N2O2. The average molecular weight is 304 g/mol. The minimum absolute atomic E-state index is 0.193. The van der Waals surface area contributed by atoms with E-state index in [1.54, 1.807) is 0 Å². The fourth-order valence-corrected chi connectivity index (χ4v) is 2.97. The number of benzene rings is 1. The molecular weight excluding hydrogens is 276 g/mol. The van der Waals surface area contributed by atoms with Crippen molar-refractivity contribution in [2.75, 3.05) is 24.5 Å². The molecule has 0 N–H and O–H groups in total. The summed E-state index contributed by atoms with van der Waals surface area (Å²) >= 11 is 0. The highest BCUT2D eigenvalue weighted by atomic mass is 16.6. The molecule has 4 heteroatoms. The van der Waals surface area contributed by atoms with Crippen LogP contribution in [-0.2, 0) is 4.74 Å². The van der Waals surface area contributed by atoms with Crippen molar-refractivity contribution in [1.29, 1.82) is 0 Å². The maximum atomic E-state index is 12.3. The van der Waals surface area contributed by atoms with Gasteiger partial charge in [-0.2, -0.15) is 0 Å². The van der Waals surface area contributed by atoms with Gasteiger partial charge in [-0.25, -0.2) is 4.79 Å². The van der Waals surface area contributed by atoms with Crippen LogP contribution in [0, 0.1) is 0 Å². The molecule has 22 heavy (non-hydrogen) atoms. The maximum absolute atomic E-state index is 12.3. The summed E-state index contributed by atoms with van der Waals surface area (Å²) in [6.07, 6.45) is 1.94. The lowest BCUT2D eigenvalue weighted by atomic mass is 10.0. The summed E-state index contributed by atoms with van der Waals surface area (Å²) in [7, 11) is 0. The van der Waals surface area contributed by atoms with Crippen molar-refractivity contribution in [3.8, 4) is 0 Å². The molecule has 0 aromatic heterocycles. The van der Waals surface area contributed by atoms with E-state index < -0.39 is 5.60 Å². The number of carbonyl (C=O) groups excluding carboxylic acids is 1. The van der Waals surface area contributed by atoms with Gasteiger partial charge in [0.25, 0.3) is 0 Å². The first-order valence-electron chi connectivity index (χ1n) is 8.20. The molecule has 0 spiro atoms. The zero-order valence-electron chi connectivity index (χ0n) is 14.2. The fourth-order valence-electron chi connectivity index (χ4n) is 2.97. The van der Waals surface area contributed by atoms with Crippen LogP contribution in [-0.4, -0.2) is 42.3 Å². The van der Waals surface area contributed by atoms with Crippen molar-refractivity contribution in [3.63, 3.8) is 0 Å². The van der Waals surface area contributed by atoms with Gasteiger partial charge in [-0.3, -0.25) is 0 Å². The van der Waals surface area contributed by atoms with E-state index in [2.05, 4.69) is 36.1 Å². The third-order valence-corrected chi connectivity index (χ3v) is 3.92. The predicted molar refractivity (Wildman–Crippen MR) is 90.3 cm³/mol. The molecule has 1 amide bonds. The van der Waals surface area contributed by atoms with E-state index in [-0.39, 0.29) is 6.09 Å². The second-order valence-corrected chi connectivity index (χ2v) is 6.84. The molecule has 1 atom stereocenters. The van der Waals surface area contributed by atoms with Crippen molar-refractivity contribution in [2.45, 2.75) is 52.2 Å². The predicted octanol–water partition coefficient (Wildman–Crippen LogP) is 3.91. The molecule has 1 unspecified atom stereocenters. The minimum atomic E-state index is -0.437. The number of carbonyl (C=O) groups is 1. The van der Waals surface area contributed by atoms with Crippen molar-refractivity contribution in [2.24, 2.45) is 0 Å². The van der Waals surface area contributed by atoms with E-state index >= 15 is 0 Å². The second-order valence-electron chi connectivity index (χ2n) is 6.84. The molecule has 4 nitrogen and oxygen atoms in total. The van der Waals surface area contributed by atoms with E-state index in [0.29, 0.717) is 6.04 Å². The van der Waals surface area contributed by atoms with E-state index in [0.717, 1.165) is 32.5 Å². The number of para-hydroxylation sites is 1. The zero-order valence-corrected chi connectivity index (χ0v) is 14.2. The summed E-state index contributed by atoms with van der Waals surface area (Å²) in [6, 6.07) is 10.8. The number of amides is 1. The first-order chi connectivity index (χ1) is 10.4. The van der Waals surface area contributed by atoms with Crippen molar-refractivity contribution >= 4 is 11.8 Å². The van der Waals surface area contributed by atoms with Gasteiger partial charge in [0.2, 0.25) is 0 Å². The molecule has 0 aliphatic carbocycles. The van der Waals surface area contributed by atoms with Gasteiger partial charge >= 0.3 is 6.09 Å². The molecule has 1 aromatic carbocycles. The Kier molecular flexibility index (Phi) is 5.33. The number of hydrogen-bond donors (Lipinski definition) is 0. The number of rotatable bonds is 3. The molecule has 1 aliphatic heterocycles. The fraction of sp³-hybridized carbons (Fsp3) is 0.611. The molecule has 1 saturated heterocycles. The Morgan fingerprint density at radius 1 is 1.32 bits per heavy atom. The first kappa shape index (κ1) is 16.7. The molecule has 122 valence electrons. The number of likely N-dealkylation sites (tertiary alicyclic amines) is 1. The summed E-state index contributed by atoms with van der Waals surface area (Å²) in [6.45, 7) is 10.4. The Morgan fingerprint density at radius 2 is 2.00 bits per heavy atom. The van der Waals surface area contributed by atoms with Crippen molar-refractivity contribution in [1.82, 2.24) is 4.90 Å². The van der Waals surface area contributed by atoms with Gasteiger partial charge < -0.3 is 14.5 Å². The molecule has 0 radical (unpaired) electrons. The summed E-state index contributed by atoms with van der Waals surface area (Å²) in [4.78, 5) is 16.5. The van der Waals surface area contributed by atoms with Crippen LogP contribution in [0.15, 0.2) is 30.3 Å². The van der Waals surface area contributed by atoms with Crippen LogP contribution < -0.4 is 4.90 Å². The number of nitrogens with zero attached hydrogens (tertiary/aromatic N) is 2. The minimum Gasteiger partial charge on any atom is -0.444 e.